The van der Waals surface area contributed by atoms with Crippen molar-refractivity contribution in [1.82, 2.24) is 14.9 Å². The van der Waals surface area contributed by atoms with Crippen LogP contribution in [0.25, 0.3) is 0 Å². The number of nitrogen functional groups attached to an aromatic ring is 1. The summed E-state index contributed by atoms with van der Waals surface area (Å²) >= 11 is 1.62. The summed E-state index contributed by atoms with van der Waals surface area (Å²) < 4.78 is -0.255. The topological polar surface area (TPSA) is 98.1 Å². The van der Waals surface area contributed by atoms with Crippen molar-refractivity contribution in [3.05, 3.63) is 18.0 Å². The van der Waals surface area contributed by atoms with Crippen LogP contribution in [0.15, 0.2) is 12.3 Å². The SMILES string of the molecule is CSC(C)(C)[C@H](N)C(=O)N1CCC(c2ccnc(N)n2)CC1.Cl. The van der Waals surface area contributed by atoms with Crippen molar-refractivity contribution in [2.24, 2.45) is 5.73 Å². The molecule has 1 aliphatic heterocycles. The molecule has 1 aromatic rings. The number of nitrogens with zero attached hydrogens (tertiary/aromatic N) is 3. The Morgan fingerprint density at radius 2 is 2.04 bits per heavy atom. The number of carbonyl (C=O) groups excluding carboxylic acids is 1. The molecule has 130 valence electrons. The van der Waals surface area contributed by atoms with Crippen LogP contribution in [0, 0.1) is 0 Å². The summed E-state index contributed by atoms with van der Waals surface area (Å²) in [5.74, 6) is 0.680. The van der Waals surface area contributed by atoms with Gasteiger partial charge in [-0.1, -0.05) is 0 Å². The summed E-state index contributed by atoms with van der Waals surface area (Å²) in [4.78, 5) is 22.6. The Balaban J connectivity index is 0.00000264. The molecule has 23 heavy (non-hydrogen) atoms. The van der Waals surface area contributed by atoms with Crippen molar-refractivity contribution >= 4 is 36.0 Å². The maximum absolute atomic E-state index is 12.5. The molecule has 1 aliphatic rings. The first-order valence-corrected chi connectivity index (χ1v) is 8.75. The largest absolute Gasteiger partial charge is 0.368 e. The molecule has 4 N–H and O–H groups in total. The molecule has 6 nitrogen and oxygen atoms in total. The minimum absolute atomic E-state index is 0. The molecule has 0 saturated carbocycles. The normalized spacial score (nSPS) is 17.5. The van der Waals surface area contributed by atoms with Crippen LogP contribution in [0.5, 0.6) is 0 Å². The van der Waals surface area contributed by atoms with Gasteiger partial charge in [0.1, 0.15) is 0 Å². The summed E-state index contributed by atoms with van der Waals surface area (Å²) in [6, 6.07) is 1.43. The molecule has 2 rings (SSSR count). The zero-order valence-corrected chi connectivity index (χ0v) is 15.5. The van der Waals surface area contributed by atoms with E-state index in [1.165, 1.54) is 0 Å². The smallest absolute Gasteiger partial charge is 0.240 e. The molecule has 1 aromatic heterocycles. The van der Waals surface area contributed by atoms with E-state index in [4.69, 9.17) is 11.5 Å². The number of thioether (sulfide) groups is 1. The molecule has 1 amide bonds. The van der Waals surface area contributed by atoms with E-state index in [1.807, 2.05) is 31.1 Å². The summed E-state index contributed by atoms with van der Waals surface area (Å²) in [7, 11) is 0. The van der Waals surface area contributed by atoms with Crippen LogP contribution in [-0.2, 0) is 4.79 Å². The highest BCUT2D eigenvalue weighted by molar-refractivity contribution is 8.00. The second-order valence-electron chi connectivity index (χ2n) is 6.22. The van der Waals surface area contributed by atoms with Crippen molar-refractivity contribution in [3.63, 3.8) is 0 Å². The van der Waals surface area contributed by atoms with E-state index in [-0.39, 0.29) is 23.1 Å². The van der Waals surface area contributed by atoms with Crippen molar-refractivity contribution in [2.75, 3.05) is 25.1 Å². The van der Waals surface area contributed by atoms with E-state index in [1.54, 1.807) is 18.0 Å². The maximum Gasteiger partial charge on any atom is 0.240 e. The average Bonchev–Trinajstić information content (AvgIpc) is 2.53. The van der Waals surface area contributed by atoms with E-state index in [0.29, 0.717) is 25.0 Å². The van der Waals surface area contributed by atoms with Gasteiger partial charge in [-0.15, -0.1) is 12.4 Å². The van der Waals surface area contributed by atoms with Crippen molar-refractivity contribution in [3.8, 4) is 0 Å². The van der Waals surface area contributed by atoms with E-state index < -0.39 is 6.04 Å². The van der Waals surface area contributed by atoms with Crippen LogP contribution < -0.4 is 11.5 Å². The molecular formula is C15H26ClN5OS. The van der Waals surface area contributed by atoms with Gasteiger partial charge in [0.2, 0.25) is 11.9 Å². The molecule has 1 atom stereocenters. The van der Waals surface area contributed by atoms with Crippen LogP contribution in [0.4, 0.5) is 5.95 Å². The minimum atomic E-state index is -0.478. The molecule has 2 heterocycles. The molecule has 0 aliphatic carbocycles. The quantitative estimate of drug-likeness (QED) is 0.848. The summed E-state index contributed by atoms with van der Waals surface area (Å²) in [5, 5.41) is 0. The first-order valence-electron chi connectivity index (χ1n) is 7.53. The number of hydrogen-bond donors (Lipinski definition) is 2. The van der Waals surface area contributed by atoms with E-state index in [2.05, 4.69) is 9.97 Å². The number of hydrogen-bond acceptors (Lipinski definition) is 6. The third kappa shape index (κ3) is 4.71. The van der Waals surface area contributed by atoms with Gasteiger partial charge in [0.05, 0.1) is 6.04 Å². The number of carbonyl (C=O) groups is 1. The lowest BCUT2D eigenvalue weighted by Crippen LogP contribution is -2.54. The summed E-state index contributed by atoms with van der Waals surface area (Å²) in [6.45, 7) is 5.45. The van der Waals surface area contributed by atoms with Crippen LogP contribution in [0.3, 0.4) is 0 Å². The Hall–Kier alpha value is -1.05. The lowest BCUT2D eigenvalue weighted by atomic mass is 9.92. The molecule has 8 heteroatoms. The van der Waals surface area contributed by atoms with Crippen LogP contribution in [-0.4, -0.2) is 50.9 Å². The van der Waals surface area contributed by atoms with Crippen molar-refractivity contribution in [2.45, 2.75) is 43.4 Å². The number of likely N-dealkylation sites (tertiary alicyclic amines) is 1. The number of nitrogens with two attached hydrogens (primary N) is 2. The Labute approximate surface area is 148 Å². The lowest BCUT2D eigenvalue weighted by Gasteiger charge is -2.37. The average molecular weight is 360 g/mol. The van der Waals surface area contributed by atoms with Crippen LogP contribution in [0.1, 0.15) is 38.3 Å². The molecule has 0 bridgehead atoms. The first kappa shape index (κ1) is 20.0. The number of amides is 1. The van der Waals surface area contributed by atoms with Gasteiger partial charge in [-0.2, -0.15) is 11.8 Å². The number of anilines is 1. The fourth-order valence-corrected chi connectivity index (χ4v) is 2.99. The minimum Gasteiger partial charge on any atom is -0.368 e. The Morgan fingerprint density at radius 1 is 1.43 bits per heavy atom. The standard InChI is InChI=1S/C15H25N5OS.ClH/c1-15(2,22-3)12(16)13(21)20-8-5-10(6-9-20)11-4-7-18-14(17)19-11;/h4,7,10,12H,5-6,8-9,16H2,1-3H3,(H2,17,18,19);1H/t12-;/m1./s1. The third-order valence-electron chi connectivity index (χ3n) is 4.46. The Bertz CT molecular complexity index is 534. The van der Waals surface area contributed by atoms with Gasteiger partial charge in [-0.25, -0.2) is 9.97 Å². The molecule has 0 aromatic carbocycles. The molecule has 1 saturated heterocycles. The van der Waals surface area contributed by atoms with E-state index >= 15 is 0 Å². The predicted molar refractivity (Wildman–Crippen MR) is 97.8 cm³/mol. The fourth-order valence-electron chi connectivity index (χ4n) is 2.63. The monoisotopic (exact) mass is 359 g/mol. The van der Waals surface area contributed by atoms with Gasteiger partial charge in [-0.3, -0.25) is 4.79 Å². The second-order valence-corrected chi connectivity index (χ2v) is 7.68. The summed E-state index contributed by atoms with van der Waals surface area (Å²) in [6.07, 6.45) is 5.44. The van der Waals surface area contributed by atoms with Gasteiger partial charge in [0.25, 0.3) is 0 Å². The van der Waals surface area contributed by atoms with Crippen LogP contribution in [0.2, 0.25) is 0 Å². The predicted octanol–water partition coefficient (Wildman–Crippen LogP) is 1.66. The number of rotatable bonds is 4. The van der Waals surface area contributed by atoms with Gasteiger partial charge in [0.15, 0.2) is 0 Å². The molecule has 1 fully saturated rings. The lowest BCUT2D eigenvalue weighted by molar-refractivity contribution is -0.134. The Kier molecular flexibility index (Phi) is 7.10. The highest BCUT2D eigenvalue weighted by Gasteiger charge is 2.35. The molecule has 0 spiro atoms. The highest BCUT2D eigenvalue weighted by Crippen LogP contribution is 2.29. The third-order valence-corrected chi connectivity index (χ3v) is 5.77. The zero-order chi connectivity index (χ0) is 16.3. The molecule has 0 unspecified atom stereocenters. The molecular weight excluding hydrogens is 334 g/mol. The van der Waals surface area contributed by atoms with E-state index in [9.17, 15) is 4.79 Å². The van der Waals surface area contributed by atoms with Gasteiger partial charge >= 0.3 is 0 Å². The Morgan fingerprint density at radius 3 is 2.57 bits per heavy atom. The van der Waals surface area contributed by atoms with Gasteiger partial charge in [0, 0.05) is 35.6 Å². The molecule has 0 radical (unpaired) electrons. The van der Waals surface area contributed by atoms with Gasteiger partial charge in [-0.05, 0) is 39.0 Å². The van der Waals surface area contributed by atoms with E-state index in [0.717, 1.165) is 18.5 Å². The zero-order valence-electron chi connectivity index (χ0n) is 13.9. The summed E-state index contributed by atoms with van der Waals surface area (Å²) in [5.41, 5.74) is 12.8. The number of aromatic nitrogens is 2. The number of piperidine rings is 1. The highest BCUT2D eigenvalue weighted by atomic mass is 35.5. The number of halogens is 1. The van der Waals surface area contributed by atoms with Crippen molar-refractivity contribution in [1.29, 1.82) is 0 Å². The van der Waals surface area contributed by atoms with Gasteiger partial charge < -0.3 is 16.4 Å². The van der Waals surface area contributed by atoms with Crippen molar-refractivity contribution < 1.29 is 4.79 Å². The van der Waals surface area contributed by atoms with Crippen LogP contribution >= 0.6 is 24.2 Å². The maximum atomic E-state index is 12.5. The fraction of sp³-hybridized carbons (Fsp3) is 0.667. The first-order chi connectivity index (χ1) is 10.3. The second kappa shape index (κ2) is 8.17.